The SMILES string of the molecule is COc1ccc(CN(C)Cc2cn3cc(C4CC4)nc(N4CCCC4=O)c3n2)cc1. The number of carbonyl (C=O) groups is 1. The van der Waals surface area contributed by atoms with E-state index >= 15 is 0 Å². The number of methoxy groups -OCH3 is 1. The van der Waals surface area contributed by atoms with Crippen LogP contribution < -0.4 is 9.64 Å². The molecule has 3 aromatic rings. The largest absolute Gasteiger partial charge is 0.497 e. The van der Waals surface area contributed by atoms with Crippen LogP contribution in [0.15, 0.2) is 36.7 Å². The first-order valence-electron chi connectivity index (χ1n) is 10.6. The van der Waals surface area contributed by atoms with E-state index in [1.54, 1.807) is 7.11 Å². The maximum absolute atomic E-state index is 12.4. The molecule has 7 heteroatoms. The van der Waals surface area contributed by atoms with Crippen molar-refractivity contribution in [3.63, 3.8) is 0 Å². The monoisotopic (exact) mass is 405 g/mol. The van der Waals surface area contributed by atoms with Gasteiger partial charge in [-0.2, -0.15) is 0 Å². The second kappa shape index (κ2) is 7.72. The van der Waals surface area contributed by atoms with Crippen LogP contribution >= 0.6 is 0 Å². The first-order chi connectivity index (χ1) is 14.6. The molecule has 1 aliphatic heterocycles. The Bertz CT molecular complexity index is 1070. The van der Waals surface area contributed by atoms with Crippen molar-refractivity contribution >= 4 is 17.4 Å². The van der Waals surface area contributed by atoms with Crippen molar-refractivity contribution in [2.45, 2.75) is 44.7 Å². The summed E-state index contributed by atoms with van der Waals surface area (Å²) in [6, 6.07) is 8.14. The summed E-state index contributed by atoms with van der Waals surface area (Å²) in [6.45, 7) is 2.27. The molecule has 0 bridgehead atoms. The molecule has 1 aromatic carbocycles. The molecule has 1 amide bonds. The van der Waals surface area contributed by atoms with Crippen LogP contribution in [0, 0.1) is 0 Å². The standard InChI is InChI=1S/C23H27N5O2/c1-26(12-16-5-9-19(30-2)10-6-16)13-18-14-27-15-20(17-7-8-17)25-23(22(27)24-18)28-11-3-4-21(28)29/h5-6,9-10,14-15,17H,3-4,7-8,11-13H2,1-2H3. The van der Waals surface area contributed by atoms with Crippen molar-refractivity contribution < 1.29 is 9.53 Å². The predicted molar refractivity (Wildman–Crippen MR) is 115 cm³/mol. The highest BCUT2D eigenvalue weighted by molar-refractivity contribution is 5.97. The molecular weight excluding hydrogens is 378 g/mol. The van der Waals surface area contributed by atoms with Crippen molar-refractivity contribution in [3.05, 3.63) is 53.6 Å². The third-order valence-corrected chi connectivity index (χ3v) is 5.86. The Balaban J connectivity index is 1.40. The zero-order chi connectivity index (χ0) is 20.7. The second-order valence-corrected chi connectivity index (χ2v) is 8.40. The number of nitrogens with zero attached hydrogens (tertiary/aromatic N) is 5. The molecule has 0 N–H and O–H groups in total. The van der Waals surface area contributed by atoms with Crippen LogP contribution in [-0.2, 0) is 17.9 Å². The number of hydrogen-bond donors (Lipinski definition) is 0. The lowest BCUT2D eigenvalue weighted by molar-refractivity contribution is -0.117. The van der Waals surface area contributed by atoms with Crippen LogP contribution in [0.4, 0.5) is 5.82 Å². The third-order valence-electron chi connectivity index (χ3n) is 5.86. The summed E-state index contributed by atoms with van der Waals surface area (Å²) in [5.41, 5.74) is 4.06. The fourth-order valence-corrected chi connectivity index (χ4v) is 4.13. The van der Waals surface area contributed by atoms with Gasteiger partial charge in [0.05, 0.1) is 18.5 Å². The van der Waals surface area contributed by atoms with E-state index in [2.05, 4.69) is 40.9 Å². The Kier molecular flexibility index (Phi) is 4.90. The van der Waals surface area contributed by atoms with Gasteiger partial charge in [0.25, 0.3) is 0 Å². The summed E-state index contributed by atoms with van der Waals surface area (Å²) in [5.74, 6) is 2.27. The van der Waals surface area contributed by atoms with E-state index in [1.165, 1.54) is 18.4 Å². The van der Waals surface area contributed by atoms with Crippen molar-refractivity contribution in [2.24, 2.45) is 0 Å². The number of amides is 1. The lowest BCUT2D eigenvalue weighted by atomic mass is 10.2. The number of rotatable bonds is 7. The van der Waals surface area contributed by atoms with E-state index in [-0.39, 0.29) is 5.91 Å². The predicted octanol–water partition coefficient (Wildman–Crippen LogP) is 3.37. The van der Waals surface area contributed by atoms with Crippen LogP contribution in [0.3, 0.4) is 0 Å². The Morgan fingerprint density at radius 2 is 1.93 bits per heavy atom. The van der Waals surface area contributed by atoms with Gasteiger partial charge in [0.2, 0.25) is 5.91 Å². The number of aromatic nitrogens is 3. The minimum atomic E-state index is 0.151. The Morgan fingerprint density at radius 3 is 2.60 bits per heavy atom. The van der Waals surface area contributed by atoms with Crippen molar-refractivity contribution in [3.8, 4) is 5.75 Å². The number of benzene rings is 1. The zero-order valence-electron chi connectivity index (χ0n) is 17.5. The van der Waals surface area contributed by atoms with Gasteiger partial charge in [-0.05, 0) is 44.0 Å². The fraction of sp³-hybridized carbons (Fsp3) is 0.435. The second-order valence-electron chi connectivity index (χ2n) is 8.40. The van der Waals surface area contributed by atoms with Gasteiger partial charge in [0.15, 0.2) is 11.5 Å². The summed E-state index contributed by atoms with van der Waals surface area (Å²) in [4.78, 5) is 26.2. The average molecular weight is 406 g/mol. The van der Waals surface area contributed by atoms with Crippen LogP contribution in [0.1, 0.15) is 48.6 Å². The van der Waals surface area contributed by atoms with E-state index in [0.29, 0.717) is 12.3 Å². The number of hydrogen-bond acceptors (Lipinski definition) is 5. The summed E-state index contributed by atoms with van der Waals surface area (Å²) >= 11 is 0. The van der Waals surface area contributed by atoms with Crippen molar-refractivity contribution in [2.75, 3.05) is 25.6 Å². The maximum Gasteiger partial charge on any atom is 0.228 e. The molecule has 0 atom stereocenters. The molecular formula is C23H27N5O2. The molecule has 156 valence electrons. The molecule has 2 aliphatic rings. The number of fused-ring (bicyclic) bond motifs is 1. The van der Waals surface area contributed by atoms with Crippen LogP contribution in [0.25, 0.3) is 5.65 Å². The summed E-state index contributed by atoms with van der Waals surface area (Å²) in [6.07, 6.45) is 8.02. The Morgan fingerprint density at radius 1 is 1.13 bits per heavy atom. The van der Waals surface area contributed by atoms with Gasteiger partial charge in [-0.25, -0.2) is 9.97 Å². The van der Waals surface area contributed by atoms with E-state index < -0.39 is 0 Å². The third kappa shape index (κ3) is 3.77. The Labute approximate surface area is 176 Å². The van der Waals surface area contributed by atoms with Crippen LogP contribution in [-0.4, -0.2) is 45.9 Å². The molecule has 0 spiro atoms. The average Bonchev–Trinajstić information content (AvgIpc) is 3.38. The first-order valence-corrected chi connectivity index (χ1v) is 10.6. The highest BCUT2D eigenvalue weighted by atomic mass is 16.5. The summed E-state index contributed by atoms with van der Waals surface area (Å²) in [5, 5.41) is 0. The molecule has 1 saturated heterocycles. The first kappa shape index (κ1) is 19.1. The topological polar surface area (TPSA) is 63.0 Å². The molecule has 2 aromatic heterocycles. The van der Waals surface area contributed by atoms with E-state index in [4.69, 9.17) is 14.7 Å². The Hall–Kier alpha value is -2.93. The molecule has 0 unspecified atom stereocenters. The maximum atomic E-state index is 12.4. The highest BCUT2D eigenvalue weighted by Gasteiger charge is 2.30. The van der Waals surface area contributed by atoms with Crippen LogP contribution in [0.2, 0.25) is 0 Å². The van der Waals surface area contributed by atoms with E-state index in [9.17, 15) is 4.79 Å². The molecule has 0 radical (unpaired) electrons. The highest BCUT2D eigenvalue weighted by Crippen LogP contribution is 2.40. The summed E-state index contributed by atoms with van der Waals surface area (Å²) in [7, 11) is 3.77. The van der Waals surface area contributed by atoms with Crippen molar-refractivity contribution in [1.82, 2.24) is 19.3 Å². The number of anilines is 1. The molecule has 5 rings (SSSR count). The molecule has 2 fully saturated rings. The van der Waals surface area contributed by atoms with E-state index in [1.807, 2.05) is 17.0 Å². The lowest BCUT2D eigenvalue weighted by Gasteiger charge is -2.16. The smallest absolute Gasteiger partial charge is 0.228 e. The molecule has 1 saturated carbocycles. The van der Waals surface area contributed by atoms with Gasteiger partial charge in [0.1, 0.15) is 5.75 Å². The minimum Gasteiger partial charge on any atom is -0.497 e. The van der Waals surface area contributed by atoms with Crippen molar-refractivity contribution in [1.29, 1.82) is 0 Å². The molecule has 1 aliphatic carbocycles. The van der Waals surface area contributed by atoms with Gasteiger partial charge in [-0.15, -0.1) is 0 Å². The number of ether oxygens (including phenoxy) is 1. The quantitative estimate of drug-likeness (QED) is 0.603. The number of imidazole rings is 1. The minimum absolute atomic E-state index is 0.151. The van der Waals surface area contributed by atoms with Crippen LogP contribution in [0.5, 0.6) is 5.75 Å². The van der Waals surface area contributed by atoms with Gasteiger partial charge >= 0.3 is 0 Å². The van der Waals surface area contributed by atoms with Gasteiger partial charge in [-0.1, -0.05) is 12.1 Å². The fourth-order valence-electron chi connectivity index (χ4n) is 4.13. The van der Waals surface area contributed by atoms with Gasteiger partial charge < -0.3 is 9.14 Å². The molecule has 7 nitrogen and oxygen atoms in total. The number of carbonyl (C=O) groups excluding carboxylic acids is 1. The van der Waals surface area contributed by atoms with Gasteiger partial charge in [-0.3, -0.25) is 14.6 Å². The summed E-state index contributed by atoms with van der Waals surface area (Å²) < 4.78 is 7.30. The molecule has 30 heavy (non-hydrogen) atoms. The lowest BCUT2D eigenvalue weighted by Crippen LogP contribution is -2.26. The zero-order valence-corrected chi connectivity index (χ0v) is 17.5. The molecule has 3 heterocycles. The normalized spacial score (nSPS) is 16.8. The van der Waals surface area contributed by atoms with E-state index in [0.717, 1.165) is 54.7 Å². The van der Waals surface area contributed by atoms with Gasteiger partial charge in [0, 0.05) is 44.4 Å².